The van der Waals surface area contributed by atoms with E-state index in [-0.39, 0.29) is 22.0 Å². The minimum absolute atomic E-state index is 0.0276. The van der Waals surface area contributed by atoms with E-state index in [0.29, 0.717) is 11.3 Å². The van der Waals surface area contributed by atoms with Crippen LogP contribution >= 0.6 is 11.6 Å². The van der Waals surface area contributed by atoms with E-state index < -0.39 is 11.0 Å². The van der Waals surface area contributed by atoms with Gasteiger partial charge in [-0.25, -0.2) is 0 Å². The van der Waals surface area contributed by atoms with Crippen molar-refractivity contribution in [2.24, 2.45) is 11.1 Å². The number of nitrogens with zero attached hydrogens (tertiary/aromatic N) is 1. The van der Waals surface area contributed by atoms with Crippen molar-refractivity contribution in [1.82, 2.24) is 0 Å². The van der Waals surface area contributed by atoms with Gasteiger partial charge in [-0.2, -0.15) is 0 Å². The van der Waals surface area contributed by atoms with Crippen LogP contribution in [0.2, 0.25) is 5.02 Å². The van der Waals surface area contributed by atoms with E-state index >= 15 is 0 Å². The van der Waals surface area contributed by atoms with Gasteiger partial charge in [-0.05, 0) is 24.0 Å². The van der Waals surface area contributed by atoms with E-state index in [0.717, 1.165) is 0 Å². The van der Waals surface area contributed by atoms with Gasteiger partial charge in [-0.3, -0.25) is 14.9 Å². The fraction of sp³-hybridized carbons (Fsp3) is 0.462. The molecule has 3 N–H and O–H groups in total. The number of nitro groups is 1. The molecule has 110 valence electrons. The lowest BCUT2D eigenvalue weighted by Gasteiger charge is -2.26. The molecule has 0 fully saturated rings. The highest BCUT2D eigenvalue weighted by molar-refractivity contribution is 6.33. The fourth-order valence-corrected chi connectivity index (χ4v) is 1.78. The van der Waals surface area contributed by atoms with Crippen LogP contribution in [0.1, 0.15) is 26.3 Å². The van der Waals surface area contributed by atoms with Gasteiger partial charge in [-0.15, -0.1) is 0 Å². The smallest absolute Gasteiger partial charge is 0.288 e. The molecule has 0 aliphatic carbocycles. The third-order valence-electron chi connectivity index (χ3n) is 2.96. The molecule has 0 unspecified atom stereocenters. The molecule has 6 nitrogen and oxygen atoms in total. The first-order valence-corrected chi connectivity index (χ1v) is 6.43. The molecule has 1 atom stereocenters. The second-order valence-corrected chi connectivity index (χ2v) is 6.12. The highest BCUT2D eigenvalue weighted by Crippen LogP contribution is 2.31. The second kappa shape index (κ2) is 5.76. The molecule has 0 saturated heterocycles. The maximum atomic E-state index is 12.0. The number of carbonyl (C=O) groups is 1. The third-order valence-corrected chi connectivity index (χ3v) is 3.27. The van der Waals surface area contributed by atoms with Crippen LogP contribution < -0.4 is 11.1 Å². The number of nitro benzene ring substituents is 1. The maximum absolute atomic E-state index is 12.0. The van der Waals surface area contributed by atoms with Gasteiger partial charge >= 0.3 is 0 Å². The number of halogens is 1. The largest absolute Gasteiger partial charge is 0.324 e. The Bertz CT molecular complexity index is 553. The van der Waals surface area contributed by atoms with Crippen molar-refractivity contribution in [3.63, 3.8) is 0 Å². The van der Waals surface area contributed by atoms with Crippen molar-refractivity contribution in [2.45, 2.75) is 33.7 Å². The summed E-state index contributed by atoms with van der Waals surface area (Å²) < 4.78 is 0. The molecule has 0 radical (unpaired) electrons. The lowest BCUT2D eigenvalue weighted by molar-refractivity contribution is -0.384. The van der Waals surface area contributed by atoms with Gasteiger partial charge in [0.2, 0.25) is 5.91 Å². The van der Waals surface area contributed by atoms with Crippen molar-refractivity contribution in [2.75, 3.05) is 5.32 Å². The number of aryl methyl sites for hydroxylation is 1. The first-order valence-electron chi connectivity index (χ1n) is 6.05. The average molecular weight is 300 g/mol. The molecule has 0 heterocycles. The molecular weight excluding hydrogens is 282 g/mol. The second-order valence-electron chi connectivity index (χ2n) is 5.71. The number of nitrogens with one attached hydrogen (secondary N) is 1. The van der Waals surface area contributed by atoms with Crippen molar-refractivity contribution in [3.8, 4) is 0 Å². The quantitative estimate of drug-likeness (QED) is 0.662. The van der Waals surface area contributed by atoms with Gasteiger partial charge in [-0.1, -0.05) is 32.4 Å². The summed E-state index contributed by atoms with van der Waals surface area (Å²) in [6.07, 6.45) is 0. The first kappa shape index (κ1) is 16.4. The number of hydrogen-bond donors (Lipinski definition) is 2. The zero-order chi connectivity index (χ0) is 15.7. The summed E-state index contributed by atoms with van der Waals surface area (Å²) in [5.74, 6) is -0.356. The number of nitrogens with two attached hydrogens (primary N) is 1. The molecule has 1 amide bonds. The Hall–Kier alpha value is -1.66. The number of benzene rings is 1. The standard InChI is InChI=1S/C13H18ClN3O3/c1-7-5-10(17(19)20)8(14)6-9(7)16-12(18)11(15)13(2,3)4/h5-6,11H,15H2,1-4H3,(H,16,18)/t11-/m1/s1. The topological polar surface area (TPSA) is 98.3 Å². The fourth-order valence-electron chi connectivity index (χ4n) is 1.54. The zero-order valence-corrected chi connectivity index (χ0v) is 12.6. The van der Waals surface area contributed by atoms with Gasteiger partial charge in [0.25, 0.3) is 5.69 Å². The third kappa shape index (κ3) is 3.68. The molecule has 1 aromatic carbocycles. The van der Waals surface area contributed by atoms with Crippen molar-refractivity contribution in [1.29, 1.82) is 0 Å². The minimum atomic E-state index is -0.698. The summed E-state index contributed by atoms with van der Waals surface area (Å²) in [6, 6.07) is 1.99. The molecule has 0 spiro atoms. The molecule has 0 aliphatic rings. The number of hydrogen-bond acceptors (Lipinski definition) is 4. The van der Waals surface area contributed by atoms with Crippen LogP contribution in [0.4, 0.5) is 11.4 Å². The van der Waals surface area contributed by atoms with Gasteiger partial charge in [0.1, 0.15) is 5.02 Å². The summed E-state index contributed by atoms with van der Waals surface area (Å²) in [6.45, 7) is 7.22. The van der Waals surface area contributed by atoms with Crippen molar-refractivity contribution >= 4 is 28.9 Å². The molecule has 7 heteroatoms. The Labute approximate surface area is 122 Å². The number of rotatable bonds is 3. The SMILES string of the molecule is Cc1cc([N+](=O)[O-])c(Cl)cc1NC(=O)[C@@H](N)C(C)(C)C. The van der Waals surface area contributed by atoms with Gasteiger partial charge in [0, 0.05) is 11.8 Å². The summed E-state index contributed by atoms with van der Waals surface area (Å²) >= 11 is 5.83. The molecule has 1 rings (SSSR count). The number of amides is 1. The van der Waals surface area contributed by atoms with Crippen LogP contribution in [-0.2, 0) is 4.79 Å². The monoisotopic (exact) mass is 299 g/mol. The van der Waals surface area contributed by atoms with Crippen molar-refractivity contribution in [3.05, 3.63) is 32.8 Å². The van der Waals surface area contributed by atoms with E-state index in [1.807, 2.05) is 20.8 Å². The van der Waals surface area contributed by atoms with Crippen LogP contribution in [0.3, 0.4) is 0 Å². The van der Waals surface area contributed by atoms with E-state index in [1.54, 1.807) is 6.92 Å². The highest BCUT2D eigenvalue weighted by atomic mass is 35.5. The molecule has 0 aromatic heterocycles. The average Bonchev–Trinajstić information content (AvgIpc) is 2.30. The zero-order valence-electron chi connectivity index (χ0n) is 11.9. The highest BCUT2D eigenvalue weighted by Gasteiger charge is 2.28. The van der Waals surface area contributed by atoms with Crippen molar-refractivity contribution < 1.29 is 9.72 Å². The summed E-state index contributed by atoms with van der Waals surface area (Å²) in [5, 5.41) is 13.4. The molecule has 0 saturated carbocycles. The van der Waals surface area contributed by atoms with E-state index in [9.17, 15) is 14.9 Å². The van der Waals surface area contributed by atoms with Crippen LogP contribution in [0, 0.1) is 22.5 Å². The van der Waals surface area contributed by atoms with Crippen LogP contribution in [0.25, 0.3) is 0 Å². The summed E-state index contributed by atoms with van der Waals surface area (Å²) in [4.78, 5) is 22.2. The lowest BCUT2D eigenvalue weighted by atomic mass is 9.87. The number of carbonyl (C=O) groups excluding carboxylic acids is 1. The molecular formula is C13H18ClN3O3. The van der Waals surface area contributed by atoms with E-state index in [1.165, 1.54) is 12.1 Å². The molecule has 20 heavy (non-hydrogen) atoms. The van der Waals surface area contributed by atoms with Gasteiger partial charge < -0.3 is 11.1 Å². The van der Waals surface area contributed by atoms with Gasteiger partial charge in [0.05, 0.1) is 11.0 Å². The summed E-state index contributed by atoms with van der Waals surface area (Å²) in [5.41, 5.74) is 6.25. The summed E-state index contributed by atoms with van der Waals surface area (Å²) in [7, 11) is 0. The van der Waals surface area contributed by atoms with E-state index in [4.69, 9.17) is 17.3 Å². The molecule has 1 aromatic rings. The van der Waals surface area contributed by atoms with Crippen LogP contribution in [-0.4, -0.2) is 16.9 Å². The minimum Gasteiger partial charge on any atom is -0.324 e. The Morgan fingerprint density at radius 1 is 1.45 bits per heavy atom. The van der Waals surface area contributed by atoms with E-state index in [2.05, 4.69) is 5.32 Å². The maximum Gasteiger partial charge on any atom is 0.288 e. The Morgan fingerprint density at radius 3 is 2.45 bits per heavy atom. The lowest BCUT2D eigenvalue weighted by Crippen LogP contribution is -2.45. The Morgan fingerprint density at radius 2 is 2.00 bits per heavy atom. The predicted octanol–water partition coefficient (Wildman–Crippen LogP) is 2.87. The normalized spacial score (nSPS) is 12.9. The molecule has 0 bridgehead atoms. The Kier molecular flexibility index (Phi) is 4.73. The Balaban J connectivity index is 3.03. The van der Waals surface area contributed by atoms with Crippen LogP contribution in [0.15, 0.2) is 12.1 Å². The van der Waals surface area contributed by atoms with Gasteiger partial charge in [0.15, 0.2) is 0 Å². The first-order chi connectivity index (χ1) is 9.04. The van der Waals surface area contributed by atoms with Crippen LogP contribution in [0.5, 0.6) is 0 Å². The molecule has 0 aliphatic heterocycles. The predicted molar refractivity (Wildman–Crippen MR) is 78.9 cm³/mol. The number of anilines is 1.